The number of carbonyl (C=O) groups is 2. The highest BCUT2D eigenvalue weighted by Crippen LogP contribution is 2.26. The van der Waals surface area contributed by atoms with Gasteiger partial charge in [0.2, 0.25) is 0 Å². The lowest BCUT2D eigenvalue weighted by Gasteiger charge is -2.32. The maximum Gasteiger partial charge on any atom is 0.397 e. The molecule has 0 radical (unpaired) electrons. The molecule has 3 aromatic rings. The number of nitrogens with two attached hydrogens (primary N) is 1. The van der Waals surface area contributed by atoms with Crippen LogP contribution in [0.4, 0.5) is 5.69 Å². The summed E-state index contributed by atoms with van der Waals surface area (Å²) < 4.78 is 11.1. The van der Waals surface area contributed by atoms with Crippen LogP contribution in [-0.4, -0.2) is 54.2 Å². The Morgan fingerprint density at radius 1 is 1.00 bits per heavy atom. The Kier molecular flexibility index (Phi) is 8.25. The molecule has 0 unspecified atom stereocenters. The largest absolute Gasteiger partial charge is 0.490 e. The summed E-state index contributed by atoms with van der Waals surface area (Å²) in [4.78, 5) is 28.9. The van der Waals surface area contributed by atoms with Gasteiger partial charge in [0.05, 0.1) is 19.0 Å². The molecule has 0 bridgehead atoms. The summed E-state index contributed by atoms with van der Waals surface area (Å²) in [6, 6.07) is 18.4. The lowest BCUT2D eigenvalue weighted by molar-refractivity contribution is -0.153. The van der Waals surface area contributed by atoms with Crippen LogP contribution in [0.3, 0.4) is 0 Å². The summed E-state index contributed by atoms with van der Waals surface area (Å²) >= 11 is 0. The first-order valence-corrected chi connectivity index (χ1v) is 12.7. The van der Waals surface area contributed by atoms with Crippen LogP contribution in [0.15, 0.2) is 60.7 Å². The molecule has 0 spiro atoms. The summed E-state index contributed by atoms with van der Waals surface area (Å²) in [6.45, 7) is 5.29. The second kappa shape index (κ2) is 11.8. The summed E-state index contributed by atoms with van der Waals surface area (Å²) in [7, 11) is 0. The van der Waals surface area contributed by atoms with E-state index in [1.807, 2.05) is 35.2 Å². The van der Waals surface area contributed by atoms with Crippen molar-refractivity contribution in [3.05, 3.63) is 71.8 Å². The molecule has 1 amide bonds. The van der Waals surface area contributed by atoms with Gasteiger partial charge >= 0.3 is 11.9 Å². The van der Waals surface area contributed by atoms with Crippen LogP contribution >= 0.6 is 0 Å². The van der Waals surface area contributed by atoms with Gasteiger partial charge in [-0.15, -0.1) is 0 Å². The molecule has 1 fully saturated rings. The van der Waals surface area contributed by atoms with Crippen LogP contribution in [0.5, 0.6) is 5.75 Å². The highest BCUT2D eigenvalue weighted by molar-refractivity contribution is 6.38. The fourth-order valence-electron chi connectivity index (χ4n) is 4.53. The molecule has 0 saturated carbocycles. The quantitative estimate of drug-likeness (QED) is 0.188. The van der Waals surface area contributed by atoms with Gasteiger partial charge in [0, 0.05) is 37.2 Å². The molecular weight excluding hydrogens is 482 g/mol. The molecule has 1 aliphatic rings. The van der Waals surface area contributed by atoms with Crippen molar-refractivity contribution in [2.24, 2.45) is 5.73 Å². The Morgan fingerprint density at radius 3 is 2.32 bits per heavy atom. The smallest absolute Gasteiger partial charge is 0.397 e. The summed E-state index contributed by atoms with van der Waals surface area (Å²) in [5.41, 5.74) is 7.62. The van der Waals surface area contributed by atoms with E-state index in [-0.39, 0.29) is 25.1 Å². The number of fused-ring (bicyclic) bond motifs is 1. The van der Waals surface area contributed by atoms with Gasteiger partial charge in [-0.05, 0) is 66.6 Å². The first kappa shape index (κ1) is 26.7. The van der Waals surface area contributed by atoms with Gasteiger partial charge in [-0.25, -0.2) is 4.79 Å². The number of benzene rings is 3. The average molecular weight is 516 g/mol. The molecule has 1 saturated heterocycles. The third-order valence-corrected chi connectivity index (χ3v) is 6.62. The number of nitrogens with zero attached hydrogens (tertiary/aromatic N) is 2. The number of hydrogen-bond donors (Lipinski definition) is 3. The van der Waals surface area contributed by atoms with Gasteiger partial charge in [-0.1, -0.05) is 24.3 Å². The minimum absolute atomic E-state index is 0.0193. The number of amides is 1. The number of hydrogen-bond acceptors (Lipinski definition) is 6. The van der Waals surface area contributed by atoms with Crippen molar-refractivity contribution in [2.45, 2.75) is 39.3 Å². The average Bonchev–Trinajstić information content (AvgIpc) is 2.92. The lowest BCUT2D eigenvalue weighted by Crippen LogP contribution is -2.40. The predicted octanol–water partition coefficient (Wildman–Crippen LogP) is 4.06. The second-order valence-electron chi connectivity index (χ2n) is 9.31. The molecule has 1 aliphatic heterocycles. The van der Waals surface area contributed by atoms with Crippen molar-refractivity contribution >= 4 is 40.0 Å². The predicted molar refractivity (Wildman–Crippen MR) is 148 cm³/mol. The number of nitrogens with one attached hydrogen (secondary N) is 2. The van der Waals surface area contributed by atoms with E-state index < -0.39 is 11.9 Å². The van der Waals surface area contributed by atoms with E-state index in [4.69, 9.17) is 26.0 Å². The van der Waals surface area contributed by atoms with Crippen molar-refractivity contribution in [3.63, 3.8) is 0 Å². The van der Waals surface area contributed by atoms with Gasteiger partial charge in [-0.2, -0.15) is 0 Å². The number of amidine groups is 2. The van der Waals surface area contributed by atoms with Crippen LogP contribution in [0.1, 0.15) is 37.8 Å². The zero-order chi connectivity index (χ0) is 27.2. The Balaban J connectivity index is 1.54. The monoisotopic (exact) mass is 515 g/mol. The van der Waals surface area contributed by atoms with Crippen molar-refractivity contribution in [2.75, 3.05) is 24.6 Å². The number of nitrogen functional groups attached to an aromatic ring is 1. The van der Waals surface area contributed by atoms with E-state index in [2.05, 4.69) is 0 Å². The van der Waals surface area contributed by atoms with Crippen molar-refractivity contribution in [1.82, 2.24) is 4.90 Å². The molecule has 38 heavy (non-hydrogen) atoms. The molecule has 1 heterocycles. The zero-order valence-electron chi connectivity index (χ0n) is 21.7. The van der Waals surface area contributed by atoms with Crippen LogP contribution in [0.2, 0.25) is 0 Å². The number of likely N-dealkylation sites (tertiary alicyclic amines) is 1. The van der Waals surface area contributed by atoms with Crippen LogP contribution in [-0.2, 0) is 20.9 Å². The molecular formula is C29H33N5O4. The fourth-order valence-corrected chi connectivity index (χ4v) is 4.53. The van der Waals surface area contributed by atoms with E-state index in [0.717, 1.165) is 42.3 Å². The van der Waals surface area contributed by atoms with E-state index in [9.17, 15) is 9.59 Å². The lowest BCUT2D eigenvalue weighted by atomic mass is 10.0. The second-order valence-corrected chi connectivity index (χ2v) is 9.31. The number of rotatable bonds is 7. The Labute approximate surface area is 222 Å². The van der Waals surface area contributed by atoms with Gasteiger partial charge < -0.3 is 20.1 Å². The van der Waals surface area contributed by atoms with Crippen LogP contribution in [0, 0.1) is 10.8 Å². The van der Waals surface area contributed by atoms with Crippen molar-refractivity contribution in [1.29, 1.82) is 10.8 Å². The molecule has 9 heteroatoms. The molecule has 0 aromatic heterocycles. The highest BCUT2D eigenvalue weighted by atomic mass is 16.5. The number of carbonyl (C=O) groups excluding carboxylic acids is 2. The van der Waals surface area contributed by atoms with Crippen LogP contribution in [0.25, 0.3) is 10.8 Å². The maximum atomic E-state index is 13.1. The molecule has 0 atom stereocenters. The first-order valence-electron chi connectivity index (χ1n) is 12.7. The molecule has 9 nitrogen and oxygen atoms in total. The van der Waals surface area contributed by atoms with Gasteiger partial charge in [0.25, 0.3) is 0 Å². The van der Waals surface area contributed by atoms with Gasteiger partial charge in [-0.3, -0.25) is 20.5 Å². The van der Waals surface area contributed by atoms with Crippen LogP contribution < -0.4 is 15.4 Å². The standard InChI is InChI=1S/C29H33N5O4/c1-3-37-29(36)28(35)34(18-20-4-5-21-6-7-22(27(31)32)17-23(21)16-20)24-8-10-25(11-9-24)38-26-12-14-33(15-13-26)19(2)30/h4-11,16-17,26,30H,3,12-15,18H2,1-2H3,(H3,31,32). The normalized spacial score (nSPS) is 13.7. The minimum atomic E-state index is -0.916. The number of anilines is 1. The SMILES string of the molecule is CCOC(=O)C(=O)N(Cc1ccc2ccc(C(=N)N)cc2c1)c1ccc(OC2CCN(C(C)=N)CC2)cc1. The minimum Gasteiger partial charge on any atom is -0.490 e. The van der Waals surface area contributed by atoms with E-state index >= 15 is 0 Å². The van der Waals surface area contributed by atoms with Gasteiger partial charge in [0.15, 0.2) is 0 Å². The molecule has 0 aliphatic carbocycles. The molecule has 198 valence electrons. The number of esters is 1. The van der Waals surface area contributed by atoms with E-state index in [1.54, 1.807) is 44.2 Å². The summed E-state index contributed by atoms with van der Waals surface area (Å²) in [6.07, 6.45) is 1.73. The van der Waals surface area contributed by atoms with Gasteiger partial charge in [0.1, 0.15) is 17.7 Å². The topological polar surface area (TPSA) is 133 Å². The molecule has 3 aromatic carbocycles. The maximum absolute atomic E-state index is 13.1. The Hall–Kier alpha value is -4.40. The Bertz CT molecular complexity index is 1350. The zero-order valence-corrected chi connectivity index (χ0v) is 21.7. The highest BCUT2D eigenvalue weighted by Gasteiger charge is 2.26. The van der Waals surface area contributed by atoms with E-state index in [1.165, 1.54) is 4.90 Å². The molecule has 4 rings (SSSR count). The third kappa shape index (κ3) is 6.29. The van der Waals surface area contributed by atoms with Crippen molar-refractivity contribution < 1.29 is 19.1 Å². The van der Waals surface area contributed by atoms with E-state index in [0.29, 0.717) is 22.8 Å². The van der Waals surface area contributed by atoms with Crippen molar-refractivity contribution in [3.8, 4) is 5.75 Å². The number of piperidine rings is 1. The molecule has 4 N–H and O–H groups in total. The summed E-state index contributed by atoms with van der Waals surface area (Å²) in [5, 5.41) is 17.4. The first-order chi connectivity index (χ1) is 18.2. The Morgan fingerprint density at radius 2 is 1.68 bits per heavy atom. The number of ether oxygens (including phenoxy) is 2. The fraction of sp³-hybridized carbons (Fsp3) is 0.310. The third-order valence-electron chi connectivity index (χ3n) is 6.62. The summed E-state index contributed by atoms with van der Waals surface area (Å²) in [5.74, 6) is -0.433.